The van der Waals surface area contributed by atoms with Gasteiger partial charge < -0.3 is 15.2 Å². The molecule has 0 aliphatic carbocycles. The lowest BCUT2D eigenvalue weighted by Crippen LogP contribution is -2.38. The third kappa shape index (κ3) is 3.45. The number of aromatic nitrogens is 1. The van der Waals surface area contributed by atoms with E-state index in [0.717, 1.165) is 32.6 Å². The first-order valence-electron chi connectivity index (χ1n) is 9.60. The maximum absolute atomic E-state index is 12.8. The van der Waals surface area contributed by atoms with E-state index in [1.807, 2.05) is 61.9 Å². The molecule has 0 radical (unpaired) electrons. The molecule has 0 atom stereocenters. The summed E-state index contributed by atoms with van der Waals surface area (Å²) in [5.41, 5.74) is 4.71. The molecular formula is C23H22N4O3. The second-order valence-corrected chi connectivity index (χ2v) is 7.37. The molecule has 152 valence electrons. The first-order chi connectivity index (χ1) is 14.3. The minimum Gasteiger partial charge on any atom is -0.347 e. The molecule has 0 saturated carbocycles. The topological polar surface area (TPSA) is 83.4 Å². The van der Waals surface area contributed by atoms with Gasteiger partial charge in [0.05, 0.1) is 0 Å². The highest BCUT2D eigenvalue weighted by molar-refractivity contribution is 6.16. The molecule has 1 aromatic heterocycles. The molecule has 30 heavy (non-hydrogen) atoms. The molecule has 2 heterocycles. The molecule has 4 rings (SSSR count). The number of nitrogens with one attached hydrogen (secondary N) is 2. The lowest BCUT2D eigenvalue weighted by molar-refractivity contribution is -0.127. The number of benzene rings is 2. The second-order valence-electron chi connectivity index (χ2n) is 7.37. The Bertz CT molecular complexity index is 1210. The zero-order valence-corrected chi connectivity index (χ0v) is 17.0. The summed E-state index contributed by atoms with van der Waals surface area (Å²) < 4.78 is 2.04. The van der Waals surface area contributed by atoms with Gasteiger partial charge in [-0.2, -0.15) is 0 Å². The van der Waals surface area contributed by atoms with E-state index in [1.165, 1.54) is 0 Å². The van der Waals surface area contributed by atoms with Gasteiger partial charge in [-0.05, 0) is 38.1 Å². The number of urea groups is 1. The molecule has 4 amide bonds. The Kier molecular flexibility index (Phi) is 4.87. The van der Waals surface area contributed by atoms with E-state index < -0.39 is 17.8 Å². The molecule has 0 spiro atoms. The van der Waals surface area contributed by atoms with Crippen LogP contribution in [-0.2, 0) is 16.6 Å². The average molecular weight is 402 g/mol. The van der Waals surface area contributed by atoms with Crippen LogP contribution < -0.4 is 10.6 Å². The predicted octanol–water partition coefficient (Wildman–Crippen LogP) is 3.33. The molecule has 1 saturated heterocycles. The van der Waals surface area contributed by atoms with Crippen LogP contribution in [-0.4, -0.2) is 33.9 Å². The maximum atomic E-state index is 12.8. The van der Waals surface area contributed by atoms with Crippen molar-refractivity contribution in [2.24, 2.45) is 7.05 Å². The van der Waals surface area contributed by atoms with Gasteiger partial charge in [-0.3, -0.25) is 9.59 Å². The van der Waals surface area contributed by atoms with Gasteiger partial charge in [-0.25, -0.2) is 9.69 Å². The van der Waals surface area contributed by atoms with Gasteiger partial charge in [0.15, 0.2) is 0 Å². The van der Waals surface area contributed by atoms with Crippen LogP contribution in [0.1, 0.15) is 16.8 Å². The van der Waals surface area contributed by atoms with Crippen LogP contribution in [0.3, 0.4) is 0 Å². The summed E-state index contributed by atoms with van der Waals surface area (Å²) in [7, 11) is 1.95. The van der Waals surface area contributed by atoms with E-state index >= 15 is 0 Å². The number of nitrogens with zero attached hydrogens (tertiary/aromatic N) is 2. The van der Waals surface area contributed by atoms with Crippen LogP contribution in [0.15, 0.2) is 54.2 Å². The van der Waals surface area contributed by atoms with Crippen LogP contribution in [0.4, 0.5) is 10.5 Å². The fraction of sp³-hybridized carbons (Fsp3) is 0.174. The molecule has 2 aromatic carbocycles. The minimum absolute atomic E-state index is 0.155. The predicted molar refractivity (Wildman–Crippen MR) is 116 cm³/mol. The Morgan fingerprint density at radius 2 is 1.77 bits per heavy atom. The summed E-state index contributed by atoms with van der Waals surface area (Å²) >= 11 is 0. The molecule has 7 nitrogen and oxygen atoms in total. The third-order valence-electron chi connectivity index (χ3n) is 5.34. The minimum atomic E-state index is -0.608. The summed E-state index contributed by atoms with van der Waals surface area (Å²) in [6, 6.07) is 14.5. The molecule has 0 unspecified atom stereocenters. The largest absolute Gasteiger partial charge is 0.347 e. The molecule has 2 N–H and O–H groups in total. The molecule has 7 heteroatoms. The number of hydrogen-bond acceptors (Lipinski definition) is 3. The monoisotopic (exact) mass is 402 g/mol. The number of imide groups is 1. The van der Waals surface area contributed by atoms with Gasteiger partial charge in [-0.15, -0.1) is 0 Å². The highest BCUT2D eigenvalue weighted by atomic mass is 16.2. The summed E-state index contributed by atoms with van der Waals surface area (Å²) in [4.78, 5) is 38.4. The zero-order chi connectivity index (χ0) is 21.4. The van der Waals surface area contributed by atoms with Crippen LogP contribution in [0.25, 0.3) is 17.0 Å². The number of para-hydroxylation sites is 1. The number of carbonyl (C=O) groups is 3. The van der Waals surface area contributed by atoms with Crippen molar-refractivity contribution >= 4 is 40.5 Å². The van der Waals surface area contributed by atoms with Crippen molar-refractivity contribution in [3.63, 3.8) is 0 Å². The fourth-order valence-corrected chi connectivity index (χ4v) is 3.57. The number of amides is 4. The number of rotatable bonds is 4. The van der Waals surface area contributed by atoms with Crippen molar-refractivity contribution in [1.29, 1.82) is 0 Å². The van der Waals surface area contributed by atoms with Gasteiger partial charge >= 0.3 is 6.03 Å². The van der Waals surface area contributed by atoms with Crippen LogP contribution in [0, 0.1) is 13.8 Å². The van der Waals surface area contributed by atoms with Crippen LogP contribution >= 0.6 is 0 Å². The zero-order valence-electron chi connectivity index (χ0n) is 17.0. The lowest BCUT2D eigenvalue weighted by Gasteiger charge is -2.12. The summed E-state index contributed by atoms with van der Waals surface area (Å²) in [6.45, 7) is 3.55. The van der Waals surface area contributed by atoms with Crippen LogP contribution in [0.2, 0.25) is 0 Å². The van der Waals surface area contributed by atoms with Crippen molar-refractivity contribution in [1.82, 2.24) is 14.8 Å². The molecule has 1 aliphatic heterocycles. The standard InChI is InChI=1S/C23H22N4O3/c1-14-8-10-16(11-9-14)24-21(28)13-27-22(29)19(25-23(27)30)12-18-15(2)26(3)20-7-5-4-6-17(18)20/h4-12H,13H2,1-3H3,(H,24,28)(H,25,30)/b19-12+. The Hall–Kier alpha value is -3.87. The van der Waals surface area contributed by atoms with Crippen molar-refractivity contribution in [3.05, 3.63) is 71.0 Å². The molecule has 0 bridgehead atoms. The molecule has 1 fully saturated rings. The van der Waals surface area contributed by atoms with Gasteiger partial charge in [0.25, 0.3) is 5.91 Å². The quantitative estimate of drug-likeness (QED) is 0.519. The van der Waals surface area contributed by atoms with Crippen molar-refractivity contribution in [2.45, 2.75) is 13.8 Å². The van der Waals surface area contributed by atoms with Gasteiger partial charge in [-0.1, -0.05) is 35.9 Å². The van der Waals surface area contributed by atoms with Gasteiger partial charge in [0.2, 0.25) is 5.91 Å². The van der Waals surface area contributed by atoms with E-state index in [-0.39, 0.29) is 12.2 Å². The average Bonchev–Trinajstić information content (AvgIpc) is 3.13. The van der Waals surface area contributed by atoms with Gasteiger partial charge in [0, 0.05) is 34.9 Å². The Labute approximate surface area is 174 Å². The summed E-state index contributed by atoms with van der Waals surface area (Å²) in [5, 5.41) is 6.28. The number of fused-ring (bicyclic) bond motifs is 1. The fourth-order valence-electron chi connectivity index (χ4n) is 3.57. The second kappa shape index (κ2) is 7.51. The third-order valence-corrected chi connectivity index (χ3v) is 5.34. The smallest absolute Gasteiger partial charge is 0.329 e. The highest BCUT2D eigenvalue weighted by Gasteiger charge is 2.35. The van der Waals surface area contributed by atoms with E-state index in [9.17, 15) is 14.4 Å². The molecule has 3 aromatic rings. The van der Waals surface area contributed by atoms with E-state index in [1.54, 1.807) is 18.2 Å². The summed E-state index contributed by atoms with van der Waals surface area (Å²) in [5.74, 6) is -0.962. The van der Waals surface area contributed by atoms with Crippen molar-refractivity contribution in [3.8, 4) is 0 Å². The van der Waals surface area contributed by atoms with Gasteiger partial charge in [0.1, 0.15) is 12.2 Å². The van der Waals surface area contributed by atoms with Crippen LogP contribution in [0.5, 0.6) is 0 Å². The van der Waals surface area contributed by atoms with Crippen molar-refractivity contribution < 1.29 is 14.4 Å². The number of anilines is 1. The number of aryl methyl sites for hydroxylation is 2. The maximum Gasteiger partial charge on any atom is 0.329 e. The highest BCUT2D eigenvalue weighted by Crippen LogP contribution is 2.27. The van der Waals surface area contributed by atoms with E-state index in [2.05, 4.69) is 10.6 Å². The number of hydrogen-bond donors (Lipinski definition) is 2. The molecular weight excluding hydrogens is 380 g/mol. The Morgan fingerprint density at radius 3 is 2.50 bits per heavy atom. The summed E-state index contributed by atoms with van der Waals surface area (Å²) in [6.07, 6.45) is 1.68. The van der Waals surface area contributed by atoms with E-state index in [0.29, 0.717) is 5.69 Å². The lowest BCUT2D eigenvalue weighted by atomic mass is 10.1. The van der Waals surface area contributed by atoms with Crippen molar-refractivity contribution in [2.75, 3.05) is 11.9 Å². The molecule has 1 aliphatic rings. The number of carbonyl (C=O) groups excluding carboxylic acids is 3. The first kappa shape index (κ1) is 19.4. The first-order valence-corrected chi connectivity index (χ1v) is 9.60. The van der Waals surface area contributed by atoms with E-state index in [4.69, 9.17) is 0 Å². The normalized spacial score (nSPS) is 15.2. The Morgan fingerprint density at radius 1 is 1.07 bits per heavy atom. The Balaban J connectivity index is 1.55. The SMILES string of the molecule is Cc1ccc(NC(=O)CN2C(=O)N/C(=C/c3c(C)n(C)c4ccccc34)C2=O)cc1.